The Bertz CT molecular complexity index is 179. The van der Waals surface area contributed by atoms with Gasteiger partial charge in [-0.2, -0.15) is 0 Å². The van der Waals surface area contributed by atoms with E-state index in [0.717, 1.165) is 19.3 Å². The molecule has 0 aromatic carbocycles. The third-order valence-electron chi connectivity index (χ3n) is 2.92. The van der Waals surface area contributed by atoms with Gasteiger partial charge in [-0.15, -0.1) is 0 Å². The van der Waals surface area contributed by atoms with Crippen LogP contribution >= 0.6 is 0 Å². The molecule has 0 radical (unpaired) electrons. The SMILES string of the molecule is CC(=O)OCC1CCCCC(CO)C1. The van der Waals surface area contributed by atoms with Gasteiger partial charge in [0, 0.05) is 13.5 Å². The van der Waals surface area contributed by atoms with Crippen molar-refractivity contribution in [2.24, 2.45) is 11.8 Å². The predicted octanol–water partition coefficient (Wildman–Crippen LogP) is 1.74. The summed E-state index contributed by atoms with van der Waals surface area (Å²) >= 11 is 0. The minimum atomic E-state index is -0.199. The fourth-order valence-corrected chi connectivity index (χ4v) is 2.13. The molecular formula is C11H20O3. The molecule has 2 atom stereocenters. The van der Waals surface area contributed by atoms with E-state index >= 15 is 0 Å². The van der Waals surface area contributed by atoms with Crippen LogP contribution < -0.4 is 0 Å². The molecule has 0 aromatic rings. The number of carbonyl (C=O) groups excluding carboxylic acids is 1. The van der Waals surface area contributed by atoms with Crippen LogP contribution in [0.1, 0.15) is 39.0 Å². The van der Waals surface area contributed by atoms with Crippen LogP contribution in [0.4, 0.5) is 0 Å². The molecular weight excluding hydrogens is 180 g/mol. The van der Waals surface area contributed by atoms with Crippen molar-refractivity contribution in [3.63, 3.8) is 0 Å². The molecule has 0 amide bonds. The van der Waals surface area contributed by atoms with E-state index in [2.05, 4.69) is 0 Å². The van der Waals surface area contributed by atoms with Crippen molar-refractivity contribution in [3.05, 3.63) is 0 Å². The molecule has 1 fully saturated rings. The van der Waals surface area contributed by atoms with Crippen LogP contribution in [0.3, 0.4) is 0 Å². The summed E-state index contributed by atoms with van der Waals surface area (Å²) in [7, 11) is 0. The van der Waals surface area contributed by atoms with Gasteiger partial charge >= 0.3 is 5.97 Å². The molecule has 0 saturated heterocycles. The Hall–Kier alpha value is -0.570. The maximum atomic E-state index is 10.7. The van der Waals surface area contributed by atoms with Gasteiger partial charge in [0.25, 0.3) is 0 Å². The van der Waals surface area contributed by atoms with E-state index in [9.17, 15) is 4.79 Å². The average Bonchev–Trinajstić information content (AvgIpc) is 2.39. The zero-order valence-electron chi connectivity index (χ0n) is 8.87. The second kappa shape index (κ2) is 6.02. The maximum absolute atomic E-state index is 10.7. The second-order valence-electron chi connectivity index (χ2n) is 4.24. The van der Waals surface area contributed by atoms with Gasteiger partial charge in [-0.3, -0.25) is 4.79 Å². The Morgan fingerprint density at radius 1 is 1.36 bits per heavy atom. The highest BCUT2D eigenvalue weighted by Crippen LogP contribution is 2.27. The van der Waals surface area contributed by atoms with E-state index in [1.807, 2.05) is 0 Å². The van der Waals surface area contributed by atoms with E-state index in [1.165, 1.54) is 19.8 Å². The summed E-state index contributed by atoms with van der Waals surface area (Å²) in [5, 5.41) is 9.10. The van der Waals surface area contributed by atoms with Crippen molar-refractivity contribution in [1.82, 2.24) is 0 Å². The molecule has 0 bridgehead atoms. The van der Waals surface area contributed by atoms with Gasteiger partial charge in [-0.05, 0) is 31.1 Å². The van der Waals surface area contributed by atoms with Gasteiger partial charge < -0.3 is 9.84 Å². The summed E-state index contributed by atoms with van der Waals surface area (Å²) < 4.78 is 5.01. The molecule has 14 heavy (non-hydrogen) atoms. The van der Waals surface area contributed by atoms with Crippen molar-refractivity contribution in [2.75, 3.05) is 13.2 Å². The molecule has 2 unspecified atom stereocenters. The summed E-state index contributed by atoms with van der Waals surface area (Å²) in [5.41, 5.74) is 0. The van der Waals surface area contributed by atoms with Gasteiger partial charge in [0.05, 0.1) is 6.61 Å². The monoisotopic (exact) mass is 200 g/mol. The van der Waals surface area contributed by atoms with E-state index < -0.39 is 0 Å². The Morgan fingerprint density at radius 2 is 2.00 bits per heavy atom. The van der Waals surface area contributed by atoms with Crippen molar-refractivity contribution in [3.8, 4) is 0 Å². The van der Waals surface area contributed by atoms with Crippen molar-refractivity contribution in [2.45, 2.75) is 39.0 Å². The van der Waals surface area contributed by atoms with E-state index in [4.69, 9.17) is 9.84 Å². The molecule has 1 N–H and O–H groups in total. The lowest BCUT2D eigenvalue weighted by Gasteiger charge is -2.17. The summed E-state index contributed by atoms with van der Waals surface area (Å²) in [5.74, 6) is 0.673. The average molecular weight is 200 g/mol. The van der Waals surface area contributed by atoms with Gasteiger partial charge in [-0.1, -0.05) is 12.8 Å². The van der Waals surface area contributed by atoms with Crippen molar-refractivity contribution in [1.29, 1.82) is 0 Å². The first-order valence-corrected chi connectivity index (χ1v) is 5.46. The zero-order chi connectivity index (χ0) is 10.4. The third kappa shape index (κ3) is 4.09. The van der Waals surface area contributed by atoms with Gasteiger partial charge in [0.15, 0.2) is 0 Å². The second-order valence-corrected chi connectivity index (χ2v) is 4.24. The highest BCUT2D eigenvalue weighted by molar-refractivity contribution is 5.65. The number of rotatable bonds is 3. The molecule has 1 rings (SSSR count). The summed E-state index contributed by atoms with van der Waals surface area (Å²) in [4.78, 5) is 10.7. The molecule has 82 valence electrons. The molecule has 0 aliphatic heterocycles. The Balaban J connectivity index is 2.31. The quantitative estimate of drug-likeness (QED) is 0.557. The lowest BCUT2D eigenvalue weighted by molar-refractivity contribution is -0.142. The van der Waals surface area contributed by atoms with Gasteiger partial charge in [-0.25, -0.2) is 0 Å². The standard InChI is InChI=1S/C11H20O3/c1-9(13)14-8-11-5-3-2-4-10(6-11)7-12/h10-12H,2-8H2,1H3. The number of aliphatic hydroxyl groups is 1. The molecule has 3 heteroatoms. The number of carbonyl (C=O) groups is 1. The Labute approximate surface area is 85.5 Å². The number of hydrogen-bond donors (Lipinski definition) is 1. The normalized spacial score (nSPS) is 28.1. The lowest BCUT2D eigenvalue weighted by atomic mass is 9.94. The van der Waals surface area contributed by atoms with Crippen molar-refractivity contribution >= 4 is 5.97 Å². The molecule has 1 aliphatic carbocycles. The van der Waals surface area contributed by atoms with Crippen molar-refractivity contribution < 1.29 is 14.6 Å². The summed E-state index contributed by atoms with van der Waals surface area (Å²) in [6.45, 7) is 2.25. The highest BCUT2D eigenvalue weighted by Gasteiger charge is 2.20. The first kappa shape index (κ1) is 11.5. The molecule has 1 aliphatic rings. The number of hydrogen-bond acceptors (Lipinski definition) is 3. The first-order valence-electron chi connectivity index (χ1n) is 5.46. The number of ether oxygens (including phenoxy) is 1. The fraction of sp³-hybridized carbons (Fsp3) is 0.909. The largest absolute Gasteiger partial charge is 0.466 e. The van der Waals surface area contributed by atoms with Crippen LogP contribution in [-0.4, -0.2) is 24.3 Å². The minimum Gasteiger partial charge on any atom is -0.466 e. The highest BCUT2D eigenvalue weighted by atomic mass is 16.5. The fourth-order valence-electron chi connectivity index (χ4n) is 2.13. The molecule has 1 saturated carbocycles. The smallest absolute Gasteiger partial charge is 0.302 e. The van der Waals surface area contributed by atoms with E-state index in [0.29, 0.717) is 18.4 Å². The van der Waals surface area contributed by atoms with Crippen LogP contribution in [0.5, 0.6) is 0 Å². The van der Waals surface area contributed by atoms with Crippen LogP contribution in [0.2, 0.25) is 0 Å². The van der Waals surface area contributed by atoms with Crippen LogP contribution in [0.25, 0.3) is 0 Å². The number of aliphatic hydroxyl groups excluding tert-OH is 1. The van der Waals surface area contributed by atoms with Crippen LogP contribution in [0.15, 0.2) is 0 Å². The van der Waals surface area contributed by atoms with E-state index in [1.54, 1.807) is 0 Å². The molecule has 0 spiro atoms. The molecule has 0 heterocycles. The summed E-state index contributed by atoms with van der Waals surface area (Å²) in [6, 6.07) is 0. The molecule has 0 aromatic heterocycles. The molecule has 3 nitrogen and oxygen atoms in total. The van der Waals surface area contributed by atoms with Crippen LogP contribution in [-0.2, 0) is 9.53 Å². The zero-order valence-corrected chi connectivity index (χ0v) is 8.87. The Morgan fingerprint density at radius 3 is 2.57 bits per heavy atom. The third-order valence-corrected chi connectivity index (χ3v) is 2.92. The predicted molar refractivity (Wildman–Crippen MR) is 53.8 cm³/mol. The topological polar surface area (TPSA) is 46.5 Å². The van der Waals surface area contributed by atoms with Crippen LogP contribution in [0, 0.1) is 11.8 Å². The Kier molecular flexibility index (Phi) is 4.94. The maximum Gasteiger partial charge on any atom is 0.302 e. The summed E-state index contributed by atoms with van der Waals surface area (Å²) in [6.07, 6.45) is 5.64. The van der Waals surface area contributed by atoms with Gasteiger partial charge in [0.1, 0.15) is 0 Å². The minimum absolute atomic E-state index is 0.199. The lowest BCUT2D eigenvalue weighted by Crippen LogP contribution is -2.16. The van der Waals surface area contributed by atoms with Gasteiger partial charge in [0.2, 0.25) is 0 Å². The van der Waals surface area contributed by atoms with E-state index in [-0.39, 0.29) is 12.6 Å². The first-order chi connectivity index (χ1) is 6.72. The number of esters is 1.